The van der Waals surface area contributed by atoms with Gasteiger partial charge in [0.25, 0.3) is 5.91 Å². The standard InChI is InChI=1S/C28H23F4N3O3S/c29-22-7-4-18(5-8-22)13-35(14-20-2-1-3-21(10-20)28(30,31)32)15-26-34-23(16-39-26)27(36)33-12-19-6-9-24-25(11-19)38-17-37-24/h1-11,16H,12-15,17H2,(H,33,36). The first kappa shape index (κ1) is 26.6. The maximum absolute atomic E-state index is 13.4. The molecular formula is C28H23F4N3O3S. The Morgan fingerprint density at radius 1 is 0.923 bits per heavy atom. The second-order valence-electron chi connectivity index (χ2n) is 8.97. The molecule has 0 unspecified atom stereocenters. The largest absolute Gasteiger partial charge is 0.454 e. The van der Waals surface area contributed by atoms with Crippen molar-refractivity contribution in [1.29, 1.82) is 0 Å². The molecule has 0 spiro atoms. The number of alkyl halides is 3. The second-order valence-corrected chi connectivity index (χ2v) is 9.91. The summed E-state index contributed by atoms with van der Waals surface area (Å²) in [6.07, 6.45) is -4.45. The number of hydrogen-bond donors (Lipinski definition) is 1. The SMILES string of the molecule is O=C(NCc1ccc2c(c1)OCO2)c1csc(CN(Cc2ccc(F)cc2)Cc2cccc(C(F)(F)F)c2)n1. The Labute approximate surface area is 225 Å². The number of benzene rings is 3. The van der Waals surface area contributed by atoms with Crippen molar-refractivity contribution in [1.82, 2.24) is 15.2 Å². The number of hydrogen-bond acceptors (Lipinski definition) is 6. The van der Waals surface area contributed by atoms with Crippen molar-refractivity contribution < 1.29 is 31.8 Å². The van der Waals surface area contributed by atoms with Crippen molar-refractivity contribution in [2.24, 2.45) is 0 Å². The number of amides is 1. The first-order chi connectivity index (χ1) is 18.7. The Bertz CT molecular complexity index is 1460. The van der Waals surface area contributed by atoms with Gasteiger partial charge < -0.3 is 14.8 Å². The molecule has 0 aliphatic carbocycles. The highest BCUT2D eigenvalue weighted by atomic mass is 32.1. The van der Waals surface area contributed by atoms with Crippen LogP contribution in [0.3, 0.4) is 0 Å². The summed E-state index contributed by atoms with van der Waals surface area (Å²) in [5.74, 6) is 0.557. The number of aromatic nitrogens is 1. The van der Waals surface area contributed by atoms with E-state index < -0.39 is 11.7 Å². The minimum Gasteiger partial charge on any atom is -0.454 e. The van der Waals surface area contributed by atoms with Crippen LogP contribution in [0.4, 0.5) is 17.6 Å². The fraction of sp³-hybridized carbons (Fsp3) is 0.214. The summed E-state index contributed by atoms with van der Waals surface area (Å²) in [7, 11) is 0. The lowest BCUT2D eigenvalue weighted by Gasteiger charge is -2.22. The minimum absolute atomic E-state index is 0.165. The van der Waals surface area contributed by atoms with Crippen LogP contribution >= 0.6 is 11.3 Å². The van der Waals surface area contributed by atoms with Crippen molar-refractivity contribution in [2.75, 3.05) is 6.79 Å². The molecule has 39 heavy (non-hydrogen) atoms. The van der Waals surface area contributed by atoms with Gasteiger partial charge in [-0.05, 0) is 47.0 Å². The predicted molar refractivity (Wildman–Crippen MR) is 137 cm³/mol. The molecule has 6 nitrogen and oxygen atoms in total. The number of halogens is 4. The van der Waals surface area contributed by atoms with E-state index in [0.717, 1.165) is 23.3 Å². The van der Waals surface area contributed by atoms with E-state index in [1.165, 1.54) is 29.5 Å². The number of fused-ring (bicyclic) bond motifs is 1. The van der Waals surface area contributed by atoms with E-state index in [1.807, 2.05) is 11.0 Å². The van der Waals surface area contributed by atoms with Crippen molar-refractivity contribution in [3.05, 3.63) is 111 Å². The van der Waals surface area contributed by atoms with Gasteiger partial charge in [-0.25, -0.2) is 9.37 Å². The number of carbonyl (C=O) groups is 1. The smallest absolute Gasteiger partial charge is 0.416 e. The zero-order chi connectivity index (χ0) is 27.4. The highest BCUT2D eigenvalue weighted by Gasteiger charge is 2.30. The highest BCUT2D eigenvalue weighted by Crippen LogP contribution is 2.32. The molecule has 0 saturated carbocycles. The van der Waals surface area contributed by atoms with Crippen molar-refractivity contribution in [2.45, 2.75) is 32.4 Å². The van der Waals surface area contributed by atoms with Gasteiger partial charge in [0, 0.05) is 25.0 Å². The quantitative estimate of drug-likeness (QED) is 0.250. The number of carbonyl (C=O) groups excluding carboxylic acids is 1. The van der Waals surface area contributed by atoms with Gasteiger partial charge in [0.1, 0.15) is 16.5 Å². The molecule has 1 N–H and O–H groups in total. The molecule has 202 valence electrons. The van der Waals surface area contributed by atoms with Crippen LogP contribution in [0.25, 0.3) is 0 Å². The fourth-order valence-electron chi connectivity index (χ4n) is 4.12. The number of rotatable bonds is 9. The first-order valence-corrected chi connectivity index (χ1v) is 12.8. The molecule has 1 aromatic heterocycles. The van der Waals surface area contributed by atoms with Crippen LogP contribution in [0.15, 0.2) is 72.1 Å². The van der Waals surface area contributed by atoms with E-state index in [9.17, 15) is 22.4 Å². The van der Waals surface area contributed by atoms with E-state index in [4.69, 9.17) is 9.47 Å². The van der Waals surface area contributed by atoms with Gasteiger partial charge in [0.05, 0.1) is 12.1 Å². The summed E-state index contributed by atoms with van der Waals surface area (Å²) >= 11 is 1.29. The normalized spacial score (nSPS) is 12.6. The molecule has 0 fully saturated rings. The number of thiazole rings is 1. The minimum atomic E-state index is -4.45. The Kier molecular flexibility index (Phi) is 7.80. The Morgan fingerprint density at radius 3 is 2.46 bits per heavy atom. The zero-order valence-corrected chi connectivity index (χ0v) is 21.3. The average molecular weight is 558 g/mol. The highest BCUT2D eigenvalue weighted by molar-refractivity contribution is 7.09. The van der Waals surface area contributed by atoms with E-state index in [0.29, 0.717) is 28.6 Å². The van der Waals surface area contributed by atoms with Crippen LogP contribution in [0, 0.1) is 5.82 Å². The van der Waals surface area contributed by atoms with Crippen LogP contribution < -0.4 is 14.8 Å². The molecule has 1 amide bonds. The maximum atomic E-state index is 13.4. The summed E-state index contributed by atoms with van der Waals surface area (Å²) in [5.41, 5.74) is 1.63. The third-order valence-electron chi connectivity index (χ3n) is 6.01. The molecule has 5 rings (SSSR count). The second kappa shape index (κ2) is 11.4. The summed E-state index contributed by atoms with van der Waals surface area (Å²) < 4.78 is 63.8. The lowest BCUT2D eigenvalue weighted by Crippen LogP contribution is -2.24. The van der Waals surface area contributed by atoms with Gasteiger partial charge in [-0.3, -0.25) is 9.69 Å². The summed E-state index contributed by atoms with van der Waals surface area (Å²) in [6.45, 7) is 1.27. The third-order valence-corrected chi connectivity index (χ3v) is 6.85. The number of nitrogens with one attached hydrogen (secondary N) is 1. The van der Waals surface area contributed by atoms with Crippen LogP contribution in [-0.4, -0.2) is 22.6 Å². The fourth-order valence-corrected chi connectivity index (χ4v) is 4.94. The Balaban J connectivity index is 1.27. The summed E-state index contributed by atoms with van der Waals surface area (Å²) in [6, 6.07) is 16.5. The third kappa shape index (κ3) is 6.92. The molecule has 0 bridgehead atoms. The lowest BCUT2D eigenvalue weighted by molar-refractivity contribution is -0.137. The molecule has 2 heterocycles. The van der Waals surface area contributed by atoms with E-state index in [-0.39, 0.29) is 43.8 Å². The van der Waals surface area contributed by atoms with Gasteiger partial charge >= 0.3 is 6.18 Å². The van der Waals surface area contributed by atoms with Crippen LogP contribution in [0.2, 0.25) is 0 Å². The topological polar surface area (TPSA) is 63.7 Å². The van der Waals surface area contributed by atoms with Crippen molar-refractivity contribution in [3.63, 3.8) is 0 Å². The van der Waals surface area contributed by atoms with Gasteiger partial charge in [0.2, 0.25) is 6.79 Å². The van der Waals surface area contributed by atoms with Crippen molar-refractivity contribution in [3.8, 4) is 11.5 Å². The lowest BCUT2D eigenvalue weighted by atomic mass is 10.1. The van der Waals surface area contributed by atoms with Gasteiger partial charge in [0.15, 0.2) is 11.5 Å². The van der Waals surface area contributed by atoms with Crippen molar-refractivity contribution >= 4 is 17.2 Å². The van der Waals surface area contributed by atoms with Gasteiger partial charge in [-0.2, -0.15) is 13.2 Å². The molecule has 3 aromatic carbocycles. The molecule has 1 aliphatic heterocycles. The monoisotopic (exact) mass is 557 g/mol. The first-order valence-electron chi connectivity index (χ1n) is 12.0. The van der Waals surface area contributed by atoms with Crippen LogP contribution in [0.1, 0.15) is 37.7 Å². The summed E-state index contributed by atoms with van der Waals surface area (Å²) in [4.78, 5) is 19.1. The number of nitrogens with zero attached hydrogens (tertiary/aromatic N) is 2. The number of ether oxygens (including phenoxy) is 2. The molecule has 0 atom stereocenters. The predicted octanol–water partition coefficient (Wildman–Crippen LogP) is 6.16. The average Bonchev–Trinajstić information content (AvgIpc) is 3.58. The Hall–Kier alpha value is -3.96. The maximum Gasteiger partial charge on any atom is 0.416 e. The van der Waals surface area contributed by atoms with Crippen LogP contribution in [0.5, 0.6) is 11.5 Å². The molecule has 11 heteroatoms. The molecular weight excluding hydrogens is 534 g/mol. The van der Waals surface area contributed by atoms with Gasteiger partial charge in [-0.15, -0.1) is 11.3 Å². The van der Waals surface area contributed by atoms with E-state index >= 15 is 0 Å². The molecule has 4 aromatic rings. The molecule has 1 aliphatic rings. The Morgan fingerprint density at radius 2 is 1.67 bits per heavy atom. The zero-order valence-electron chi connectivity index (χ0n) is 20.5. The van der Waals surface area contributed by atoms with E-state index in [2.05, 4.69) is 10.3 Å². The van der Waals surface area contributed by atoms with Crippen LogP contribution in [-0.2, 0) is 32.4 Å². The van der Waals surface area contributed by atoms with E-state index in [1.54, 1.807) is 35.7 Å². The van der Waals surface area contributed by atoms with Gasteiger partial charge in [-0.1, -0.05) is 36.4 Å². The summed E-state index contributed by atoms with van der Waals surface area (Å²) in [5, 5.41) is 5.10. The molecule has 0 radical (unpaired) electrons. The molecule has 0 saturated heterocycles.